The van der Waals surface area contributed by atoms with Gasteiger partial charge in [-0.15, -0.1) is 0 Å². The fraction of sp³-hybridized carbons (Fsp3) is 0.571. The number of benzene rings is 1. The smallest absolute Gasteiger partial charge is 0.124 e. The summed E-state index contributed by atoms with van der Waals surface area (Å²) in [6.07, 6.45) is 2.67. The van der Waals surface area contributed by atoms with Crippen LogP contribution in [0, 0.1) is 0 Å². The van der Waals surface area contributed by atoms with Crippen LogP contribution in [0.15, 0.2) is 18.2 Å². The van der Waals surface area contributed by atoms with Crippen molar-refractivity contribution >= 4 is 0 Å². The van der Waals surface area contributed by atoms with Crippen LogP contribution in [0.5, 0.6) is 5.75 Å². The van der Waals surface area contributed by atoms with Crippen LogP contribution in [-0.4, -0.2) is 24.8 Å². The molecule has 2 N–H and O–H groups in total. The summed E-state index contributed by atoms with van der Waals surface area (Å²) in [7, 11) is 1.65. The number of aliphatic hydroxyl groups excluding tert-OH is 1. The van der Waals surface area contributed by atoms with E-state index in [9.17, 15) is 5.11 Å². The van der Waals surface area contributed by atoms with Crippen LogP contribution < -0.4 is 10.1 Å². The molecule has 0 radical (unpaired) electrons. The molecule has 0 aromatic heterocycles. The van der Waals surface area contributed by atoms with Gasteiger partial charge in [0, 0.05) is 11.6 Å². The quantitative estimate of drug-likeness (QED) is 0.839. The number of hydrogen-bond donors (Lipinski definition) is 2. The first-order chi connectivity index (χ1) is 8.26. The zero-order chi connectivity index (χ0) is 12.3. The Kier molecular flexibility index (Phi) is 4.02. The van der Waals surface area contributed by atoms with E-state index in [1.807, 2.05) is 6.07 Å². The van der Waals surface area contributed by atoms with Gasteiger partial charge in [0.2, 0.25) is 0 Å². The third-order valence-electron chi connectivity index (χ3n) is 3.50. The molecule has 17 heavy (non-hydrogen) atoms. The Balaban J connectivity index is 2.27. The molecule has 3 nitrogen and oxygen atoms in total. The molecule has 94 valence electrons. The van der Waals surface area contributed by atoms with Crippen LogP contribution in [0.1, 0.15) is 37.0 Å². The van der Waals surface area contributed by atoms with Crippen molar-refractivity contribution < 1.29 is 9.84 Å². The second kappa shape index (κ2) is 5.52. The van der Waals surface area contributed by atoms with E-state index in [1.165, 1.54) is 5.56 Å². The van der Waals surface area contributed by atoms with E-state index < -0.39 is 6.10 Å². The normalized spacial score (nSPS) is 21.5. The molecule has 3 heteroatoms. The van der Waals surface area contributed by atoms with Gasteiger partial charge in [0.15, 0.2) is 0 Å². The lowest BCUT2D eigenvalue weighted by atomic mass is 9.97. The van der Waals surface area contributed by atoms with Crippen LogP contribution in [-0.2, 0) is 6.42 Å². The molecule has 1 aromatic rings. The molecule has 2 unspecified atom stereocenters. The van der Waals surface area contributed by atoms with Gasteiger partial charge in [0.05, 0.1) is 13.2 Å². The highest BCUT2D eigenvalue weighted by Crippen LogP contribution is 2.31. The zero-order valence-electron chi connectivity index (χ0n) is 10.6. The number of nitrogens with one attached hydrogen (secondary N) is 1. The van der Waals surface area contributed by atoms with Crippen LogP contribution in [0.25, 0.3) is 0 Å². The maximum absolute atomic E-state index is 10.4. The van der Waals surface area contributed by atoms with Crippen molar-refractivity contribution in [2.45, 2.75) is 38.3 Å². The van der Waals surface area contributed by atoms with Gasteiger partial charge in [-0.2, -0.15) is 0 Å². The molecule has 1 heterocycles. The van der Waals surface area contributed by atoms with Crippen molar-refractivity contribution in [2.75, 3.05) is 13.7 Å². The molecular formula is C14H21NO2. The predicted molar refractivity (Wildman–Crippen MR) is 68.4 cm³/mol. The minimum atomic E-state index is -0.473. The van der Waals surface area contributed by atoms with Crippen LogP contribution in [0.2, 0.25) is 0 Å². The van der Waals surface area contributed by atoms with Gasteiger partial charge in [-0.05, 0) is 43.5 Å². The van der Waals surface area contributed by atoms with E-state index in [1.54, 1.807) is 7.11 Å². The lowest BCUT2D eigenvalue weighted by molar-refractivity contribution is 0.134. The summed E-state index contributed by atoms with van der Waals surface area (Å²) >= 11 is 0. The molecule has 1 aromatic carbocycles. The monoisotopic (exact) mass is 235 g/mol. The SMILES string of the molecule is CCc1ccc(OC)c(C(O)C2CCCN2)c1. The summed E-state index contributed by atoms with van der Waals surface area (Å²) in [6.45, 7) is 3.11. The molecule has 2 rings (SSSR count). The average Bonchev–Trinajstić information content (AvgIpc) is 2.91. The van der Waals surface area contributed by atoms with Gasteiger partial charge in [-0.25, -0.2) is 0 Å². The molecule has 1 saturated heterocycles. The van der Waals surface area contributed by atoms with Gasteiger partial charge in [0.1, 0.15) is 5.75 Å². The zero-order valence-corrected chi connectivity index (χ0v) is 10.6. The molecule has 1 aliphatic heterocycles. The van der Waals surface area contributed by atoms with Gasteiger partial charge < -0.3 is 15.2 Å². The maximum atomic E-state index is 10.4. The summed E-state index contributed by atoms with van der Waals surface area (Å²) in [5.74, 6) is 0.781. The van der Waals surface area contributed by atoms with Crippen LogP contribution in [0.3, 0.4) is 0 Å². The van der Waals surface area contributed by atoms with Crippen molar-refractivity contribution in [3.63, 3.8) is 0 Å². The molecule has 0 amide bonds. The Labute approximate surface area is 103 Å². The fourth-order valence-electron chi connectivity index (χ4n) is 2.43. The standard InChI is InChI=1S/C14H21NO2/c1-3-10-6-7-13(17-2)11(9-10)14(16)12-5-4-8-15-12/h6-7,9,12,14-16H,3-5,8H2,1-2H3. The summed E-state index contributed by atoms with van der Waals surface area (Å²) in [5.41, 5.74) is 2.14. The van der Waals surface area contributed by atoms with Gasteiger partial charge in [-0.3, -0.25) is 0 Å². The second-order valence-electron chi connectivity index (χ2n) is 4.58. The molecular weight excluding hydrogens is 214 g/mol. The number of ether oxygens (including phenoxy) is 1. The first kappa shape index (κ1) is 12.4. The Bertz CT molecular complexity index is 372. The Morgan fingerprint density at radius 2 is 2.35 bits per heavy atom. The van der Waals surface area contributed by atoms with Gasteiger partial charge in [0.25, 0.3) is 0 Å². The number of aryl methyl sites for hydroxylation is 1. The highest BCUT2D eigenvalue weighted by atomic mass is 16.5. The first-order valence-corrected chi connectivity index (χ1v) is 6.34. The topological polar surface area (TPSA) is 41.5 Å². The van der Waals surface area contributed by atoms with E-state index in [2.05, 4.69) is 24.4 Å². The van der Waals surface area contributed by atoms with Crippen molar-refractivity contribution in [3.05, 3.63) is 29.3 Å². The molecule has 1 aliphatic rings. The first-order valence-electron chi connectivity index (χ1n) is 6.34. The van der Waals surface area contributed by atoms with Crippen LogP contribution in [0.4, 0.5) is 0 Å². The average molecular weight is 235 g/mol. The van der Waals surface area contributed by atoms with Gasteiger partial charge in [-0.1, -0.05) is 13.0 Å². The molecule has 1 fully saturated rings. The number of aliphatic hydroxyl groups is 1. The lowest BCUT2D eigenvalue weighted by Gasteiger charge is -2.21. The molecule has 0 spiro atoms. The highest BCUT2D eigenvalue weighted by molar-refractivity contribution is 5.39. The lowest BCUT2D eigenvalue weighted by Crippen LogP contribution is -2.29. The molecule has 0 bridgehead atoms. The number of rotatable bonds is 4. The van der Waals surface area contributed by atoms with Crippen molar-refractivity contribution in [1.82, 2.24) is 5.32 Å². The Morgan fingerprint density at radius 1 is 1.53 bits per heavy atom. The van der Waals surface area contributed by atoms with E-state index in [4.69, 9.17) is 4.74 Å². The van der Waals surface area contributed by atoms with Crippen molar-refractivity contribution in [2.24, 2.45) is 0 Å². The van der Waals surface area contributed by atoms with Crippen molar-refractivity contribution in [1.29, 1.82) is 0 Å². The highest BCUT2D eigenvalue weighted by Gasteiger charge is 2.26. The Hall–Kier alpha value is -1.06. The Morgan fingerprint density at radius 3 is 2.94 bits per heavy atom. The van der Waals surface area contributed by atoms with E-state index >= 15 is 0 Å². The third-order valence-corrected chi connectivity index (χ3v) is 3.50. The molecule has 2 atom stereocenters. The maximum Gasteiger partial charge on any atom is 0.124 e. The largest absolute Gasteiger partial charge is 0.496 e. The summed E-state index contributed by atoms with van der Waals surface area (Å²) in [4.78, 5) is 0. The van der Waals surface area contributed by atoms with E-state index in [0.29, 0.717) is 0 Å². The summed E-state index contributed by atoms with van der Waals surface area (Å²) < 4.78 is 5.34. The molecule has 0 aliphatic carbocycles. The van der Waals surface area contributed by atoms with Gasteiger partial charge >= 0.3 is 0 Å². The van der Waals surface area contributed by atoms with Crippen LogP contribution >= 0.6 is 0 Å². The second-order valence-corrected chi connectivity index (χ2v) is 4.58. The summed E-state index contributed by atoms with van der Waals surface area (Å²) in [5, 5.41) is 13.7. The number of hydrogen-bond acceptors (Lipinski definition) is 3. The molecule has 0 saturated carbocycles. The summed E-state index contributed by atoms with van der Waals surface area (Å²) in [6, 6.07) is 6.23. The van der Waals surface area contributed by atoms with Crippen molar-refractivity contribution in [3.8, 4) is 5.75 Å². The third kappa shape index (κ3) is 2.61. The predicted octanol–water partition coefficient (Wildman–Crippen LogP) is 2.04. The van der Waals surface area contributed by atoms with E-state index in [-0.39, 0.29) is 6.04 Å². The van der Waals surface area contributed by atoms with E-state index in [0.717, 1.165) is 37.1 Å². The minimum Gasteiger partial charge on any atom is -0.496 e. The number of methoxy groups -OCH3 is 1. The fourth-order valence-corrected chi connectivity index (χ4v) is 2.43. The minimum absolute atomic E-state index is 0.163.